The van der Waals surface area contributed by atoms with E-state index < -0.39 is 0 Å². The Bertz CT molecular complexity index is 289. The molecule has 20 heavy (non-hydrogen) atoms. The number of ether oxygens (including phenoxy) is 1. The highest BCUT2D eigenvalue weighted by molar-refractivity contribution is 5.84. The van der Waals surface area contributed by atoms with Gasteiger partial charge in [0.25, 0.3) is 0 Å². The Kier molecular flexibility index (Phi) is 9.04. The summed E-state index contributed by atoms with van der Waals surface area (Å²) in [5.74, 6) is 0.624. The lowest BCUT2D eigenvalue weighted by molar-refractivity contribution is -0.126. The average molecular weight is 284 g/mol. The summed E-state index contributed by atoms with van der Waals surface area (Å²) in [7, 11) is 1.58. The van der Waals surface area contributed by atoms with Gasteiger partial charge in [0.1, 0.15) is 0 Å². The summed E-state index contributed by atoms with van der Waals surface area (Å²) in [5.41, 5.74) is 0. The van der Waals surface area contributed by atoms with Gasteiger partial charge in [-0.15, -0.1) is 0 Å². The molecule has 0 atom stereocenters. The van der Waals surface area contributed by atoms with Crippen molar-refractivity contribution in [3.05, 3.63) is 0 Å². The van der Waals surface area contributed by atoms with Crippen molar-refractivity contribution in [1.29, 1.82) is 0 Å². The number of carbonyl (C=O) groups is 2. The Morgan fingerprint density at radius 1 is 1.10 bits per heavy atom. The molecule has 5 nitrogen and oxygen atoms in total. The van der Waals surface area contributed by atoms with Gasteiger partial charge in [-0.05, 0) is 18.8 Å². The number of rotatable bonds is 9. The summed E-state index contributed by atoms with van der Waals surface area (Å²) in [5, 5.41) is 5.32. The van der Waals surface area contributed by atoms with E-state index in [4.69, 9.17) is 4.74 Å². The first-order chi connectivity index (χ1) is 9.72. The van der Waals surface area contributed by atoms with E-state index in [0.717, 1.165) is 18.8 Å². The summed E-state index contributed by atoms with van der Waals surface area (Å²) >= 11 is 0. The molecule has 0 unspecified atom stereocenters. The second-order valence-electron chi connectivity index (χ2n) is 5.52. The van der Waals surface area contributed by atoms with Gasteiger partial charge < -0.3 is 15.4 Å². The molecule has 0 bridgehead atoms. The van der Waals surface area contributed by atoms with Crippen LogP contribution < -0.4 is 10.6 Å². The van der Waals surface area contributed by atoms with E-state index in [2.05, 4.69) is 10.6 Å². The van der Waals surface area contributed by atoms with Crippen molar-refractivity contribution in [3.63, 3.8) is 0 Å². The van der Waals surface area contributed by atoms with Gasteiger partial charge in [-0.3, -0.25) is 9.59 Å². The van der Waals surface area contributed by atoms with Gasteiger partial charge in [0, 0.05) is 20.1 Å². The molecule has 1 rings (SSSR count). The van der Waals surface area contributed by atoms with Crippen molar-refractivity contribution in [2.45, 2.75) is 51.4 Å². The Hall–Kier alpha value is -1.10. The predicted octanol–water partition coefficient (Wildman–Crippen LogP) is 1.62. The zero-order chi connectivity index (χ0) is 14.6. The minimum Gasteiger partial charge on any atom is -0.383 e. The number of hydrogen-bond acceptors (Lipinski definition) is 3. The molecule has 2 N–H and O–H groups in total. The fourth-order valence-electron chi connectivity index (χ4n) is 2.65. The summed E-state index contributed by atoms with van der Waals surface area (Å²) < 4.78 is 4.83. The van der Waals surface area contributed by atoms with Crippen molar-refractivity contribution >= 4 is 11.8 Å². The van der Waals surface area contributed by atoms with E-state index in [1.165, 1.54) is 32.1 Å². The maximum atomic E-state index is 11.6. The van der Waals surface area contributed by atoms with Crippen LogP contribution in [0.25, 0.3) is 0 Å². The van der Waals surface area contributed by atoms with Crippen molar-refractivity contribution in [2.24, 2.45) is 5.92 Å². The highest BCUT2D eigenvalue weighted by atomic mass is 16.5. The van der Waals surface area contributed by atoms with Crippen LogP contribution in [0.15, 0.2) is 0 Å². The van der Waals surface area contributed by atoms with Crippen LogP contribution >= 0.6 is 0 Å². The number of methoxy groups -OCH3 is 1. The second kappa shape index (κ2) is 10.7. The molecule has 0 aromatic rings. The fraction of sp³-hybridized carbons (Fsp3) is 0.867. The molecule has 116 valence electrons. The fourth-order valence-corrected chi connectivity index (χ4v) is 2.65. The van der Waals surface area contributed by atoms with Crippen LogP contribution in [0.5, 0.6) is 0 Å². The molecule has 2 amide bonds. The topological polar surface area (TPSA) is 67.4 Å². The van der Waals surface area contributed by atoms with Crippen LogP contribution in [0.3, 0.4) is 0 Å². The lowest BCUT2D eigenvalue weighted by atomic mass is 9.86. The van der Waals surface area contributed by atoms with Gasteiger partial charge in [0.05, 0.1) is 13.2 Å². The molecule has 1 aliphatic rings. The smallest absolute Gasteiger partial charge is 0.239 e. The normalized spacial score (nSPS) is 15.8. The Morgan fingerprint density at radius 3 is 2.55 bits per heavy atom. The minimum absolute atomic E-state index is 0.0253. The van der Waals surface area contributed by atoms with E-state index in [1.54, 1.807) is 7.11 Å². The van der Waals surface area contributed by atoms with Gasteiger partial charge in [-0.1, -0.05) is 32.1 Å². The lowest BCUT2D eigenvalue weighted by Crippen LogP contribution is -2.38. The van der Waals surface area contributed by atoms with E-state index >= 15 is 0 Å². The zero-order valence-corrected chi connectivity index (χ0v) is 12.6. The molecule has 1 saturated carbocycles. The third-order valence-corrected chi connectivity index (χ3v) is 3.82. The standard InChI is InChI=1S/C15H28N2O3/c1-20-11-10-16-15(19)12-17-14(18)9-5-8-13-6-3-2-4-7-13/h13H,2-12H2,1H3,(H,16,19)(H,17,18). The highest BCUT2D eigenvalue weighted by Gasteiger charge is 2.13. The van der Waals surface area contributed by atoms with Gasteiger partial charge in [0.2, 0.25) is 11.8 Å². The van der Waals surface area contributed by atoms with Crippen LogP contribution in [0.2, 0.25) is 0 Å². The second-order valence-corrected chi connectivity index (χ2v) is 5.52. The Morgan fingerprint density at radius 2 is 1.85 bits per heavy atom. The number of amides is 2. The molecule has 0 heterocycles. The summed E-state index contributed by atoms with van der Waals surface area (Å²) in [6.07, 6.45) is 9.32. The highest BCUT2D eigenvalue weighted by Crippen LogP contribution is 2.27. The molecule has 0 saturated heterocycles. The number of carbonyl (C=O) groups excluding carboxylic acids is 2. The first-order valence-corrected chi connectivity index (χ1v) is 7.74. The van der Waals surface area contributed by atoms with Crippen LogP contribution in [0.4, 0.5) is 0 Å². The van der Waals surface area contributed by atoms with E-state index in [1.807, 2.05) is 0 Å². The predicted molar refractivity (Wildman–Crippen MR) is 78.3 cm³/mol. The maximum absolute atomic E-state index is 11.6. The minimum atomic E-state index is -0.164. The first kappa shape index (κ1) is 17.0. The van der Waals surface area contributed by atoms with Crippen LogP contribution in [0, 0.1) is 5.92 Å². The van der Waals surface area contributed by atoms with Gasteiger partial charge in [-0.2, -0.15) is 0 Å². The molecule has 0 radical (unpaired) electrons. The van der Waals surface area contributed by atoms with Crippen LogP contribution in [0.1, 0.15) is 51.4 Å². The van der Waals surface area contributed by atoms with E-state index in [0.29, 0.717) is 19.6 Å². The molecular formula is C15H28N2O3. The van der Waals surface area contributed by atoms with E-state index in [-0.39, 0.29) is 18.4 Å². The van der Waals surface area contributed by atoms with Crippen molar-refractivity contribution in [2.75, 3.05) is 26.8 Å². The van der Waals surface area contributed by atoms with Crippen molar-refractivity contribution in [3.8, 4) is 0 Å². The number of nitrogens with one attached hydrogen (secondary N) is 2. The monoisotopic (exact) mass is 284 g/mol. The Balaban J connectivity index is 1.98. The SMILES string of the molecule is COCCNC(=O)CNC(=O)CCCC1CCCCC1. The van der Waals surface area contributed by atoms with Crippen molar-refractivity contribution < 1.29 is 14.3 Å². The molecule has 0 aromatic heterocycles. The lowest BCUT2D eigenvalue weighted by Gasteiger charge is -2.21. The third-order valence-electron chi connectivity index (χ3n) is 3.82. The van der Waals surface area contributed by atoms with Gasteiger partial charge in [0.15, 0.2) is 0 Å². The molecular weight excluding hydrogens is 256 g/mol. The molecule has 5 heteroatoms. The summed E-state index contributed by atoms with van der Waals surface area (Å²) in [6, 6.07) is 0. The zero-order valence-electron chi connectivity index (χ0n) is 12.6. The molecule has 1 aliphatic carbocycles. The first-order valence-electron chi connectivity index (χ1n) is 7.74. The van der Waals surface area contributed by atoms with Gasteiger partial charge >= 0.3 is 0 Å². The Labute approximate surface area is 121 Å². The summed E-state index contributed by atoms with van der Waals surface area (Å²) in [4.78, 5) is 23.0. The van der Waals surface area contributed by atoms with Gasteiger partial charge in [-0.25, -0.2) is 0 Å². The van der Waals surface area contributed by atoms with E-state index in [9.17, 15) is 9.59 Å². The average Bonchev–Trinajstić information content (AvgIpc) is 2.46. The third kappa shape index (κ3) is 8.15. The molecule has 0 aliphatic heterocycles. The van der Waals surface area contributed by atoms with Crippen molar-refractivity contribution in [1.82, 2.24) is 10.6 Å². The molecule has 1 fully saturated rings. The van der Waals surface area contributed by atoms with Crippen LogP contribution in [-0.4, -0.2) is 38.6 Å². The molecule has 0 spiro atoms. The molecule has 0 aromatic carbocycles. The number of hydrogen-bond donors (Lipinski definition) is 2. The quantitative estimate of drug-likeness (QED) is 0.632. The summed E-state index contributed by atoms with van der Waals surface area (Å²) in [6.45, 7) is 1.03. The van der Waals surface area contributed by atoms with Crippen LogP contribution in [-0.2, 0) is 14.3 Å². The maximum Gasteiger partial charge on any atom is 0.239 e. The largest absolute Gasteiger partial charge is 0.383 e.